The zero-order chi connectivity index (χ0) is 12.8. The van der Waals surface area contributed by atoms with Gasteiger partial charge in [0.2, 0.25) is 0 Å². The highest BCUT2D eigenvalue weighted by Crippen LogP contribution is 2.24. The molecule has 1 N–H and O–H groups in total. The first kappa shape index (κ1) is 10.7. The maximum atomic E-state index is 9.60. The van der Waals surface area contributed by atoms with Crippen molar-refractivity contribution in [3.8, 4) is 5.82 Å². The number of fused-ring (bicyclic) bond motifs is 2. The molecule has 19 heavy (non-hydrogen) atoms. The zero-order valence-electron chi connectivity index (χ0n) is 9.89. The molecule has 0 saturated carbocycles. The summed E-state index contributed by atoms with van der Waals surface area (Å²) in [7, 11) is 0. The second-order valence-corrected chi connectivity index (χ2v) is 5.07. The third-order valence-corrected chi connectivity index (χ3v) is 3.93. The van der Waals surface area contributed by atoms with Crippen LogP contribution >= 0.6 is 11.3 Å². The first-order valence-corrected chi connectivity index (χ1v) is 6.74. The van der Waals surface area contributed by atoms with E-state index in [1.807, 2.05) is 44.8 Å². The van der Waals surface area contributed by atoms with E-state index in [0.717, 1.165) is 27.5 Å². The van der Waals surface area contributed by atoms with E-state index in [1.54, 1.807) is 17.7 Å². The van der Waals surface area contributed by atoms with Gasteiger partial charge in [-0.2, -0.15) is 0 Å². The lowest BCUT2D eigenvalue weighted by Crippen LogP contribution is -1.99. The Labute approximate surface area is 112 Å². The summed E-state index contributed by atoms with van der Waals surface area (Å²) < 4.78 is 3.83. The van der Waals surface area contributed by atoms with E-state index in [4.69, 9.17) is 0 Å². The molecule has 0 spiro atoms. The molecule has 4 rings (SSSR count). The number of hydrogen-bond acceptors (Lipinski definition) is 4. The van der Waals surface area contributed by atoms with Gasteiger partial charge in [-0.15, -0.1) is 11.3 Å². The standard InChI is InChI=1S/C13H10N4OS/c18-7-11-12(15-13-16(11)5-6-19-13)17-8-14-9-3-1-2-4-10(9)17/h1-6,8,18H,7H2. The summed E-state index contributed by atoms with van der Waals surface area (Å²) in [4.78, 5) is 9.81. The lowest BCUT2D eigenvalue weighted by Gasteiger charge is -2.02. The number of aliphatic hydroxyl groups excluding tert-OH is 1. The van der Waals surface area contributed by atoms with Gasteiger partial charge in [0.1, 0.15) is 6.33 Å². The van der Waals surface area contributed by atoms with Crippen molar-refractivity contribution >= 4 is 27.3 Å². The van der Waals surface area contributed by atoms with Crippen molar-refractivity contribution in [2.45, 2.75) is 6.61 Å². The molecule has 3 heterocycles. The van der Waals surface area contributed by atoms with Gasteiger partial charge in [0.05, 0.1) is 23.3 Å². The average Bonchev–Trinajstić information content (AvgIpc) is 3.11. The molecule has 0 saturated heterocycles. The molecular weight excluding hydrogens is 260 g/mol. The Morgan fingerprint density at radius 3 is 3.05 bits per heavy atom. The third-order valence-electron chi connectivity index (χ3n) is 3.17. The van der Waals surface area contributed by atoms with E-state index in [0.29, 0.717) is 0 Å². The lowest BCUT2D eigenvalue weighted by molar-refractivity contribution is 0.275. The van der Waals surface area contributed by atoms with E-state index in [2.05, 4.69) is 9.97 Å². The Morgan fingerprint density at radius 2 is 2.16 bits per heavy atom. The molecule has 5 nitrogen and oxygen atoms in total. The summed E-state index contributed by atoms with van der Waals surface area (Å²) >= 11 is 1.55. The topological polar surface area (TPSA) is 55.3 Å². The zero-order valence-corrected chi connectivity index (χ0v) is 10.7. The maximum absolute atomic E-state index is 9.60. The van der Waals surface area contributed by atoms with Crippen LogP contribution < -0.4 is 0 Å². The number of nitrogens with zero attached hydrogens (tertiary/aromatic N) is 4. The van der Waals surface area contributed by atoms with E-state index in [9.17, 15) is 5.11 Å². The number of aromatic nitrogens is 4. The third kappa shape index (κ3) is 1.44. The number of imidazole rings is 2. The van der Waals surface area contributed by atoms with Gasteiger partial charge in [-0.05, 0) is 12.1 Å². The summed E-state index contributed by atoms with van der Waals surface area (Å²) in [6.45, 7) is -0.0558. The van der Waals surface area contributed by atoms with Crippen molar-refractivity contribution in [1.82, 2.24) is 18.9 Å². The van der Waals surface area contributed by atoms with Gasteiger partial charge in [0.25, 0.3) is 0 Å². The van der Waals surface area contributed by atoms with Crippen LogP contribution in [0.5, 0.6) is 0 Å². The predicted molar refractivity (Wildman–Crippen MR) is 73.6 cm³/mol. The summed E-state index contributed by atoms with van der Waals surface area (Å²) in [5, 5.41) is 11.6. The first-order chi connectivity index (χ1) is 9.38. The highest BCUT2D eigenvalue weighted by Gasteiger charge is 2.15. The molecule has 4 aromatic rings. The van der Waals surface area contributed by atoms with Gasteiger partial charge in [-0.1, -0.05) is 12.1 Å². The summed E-state index contributed by atoms with van der Waals surface area (Å²) in [6.07, 6.45) is 3.66. The van der Waals surface area contributed by atoms with E-state index in [-0.39, 0.29) is 6.61 Å². The largest absolute Gasteiger partial charge is 0.390 e. The van der Waals surface area contributed by atoms with Crippen LogP contribution in [0.4, 0.5) is 0 Å². The number of para-hydroxylation sites is 2. The smallest absolute Gasteiger partial charge is 0.195 e. The van der Waals surface area contributed by atoms with Crippen LogP contribution in [0.25, 0.3) is 21.8 Å². The highest BCUT2D eigenvalue weighted by molar-refractivity contribution is 7.15. The predicted octanol–water partition coefficient (Wildman–Crippen LogP) is 2.23. The Hall–Kier alpha value is -2.18. The molecule has 0 aliphatic heterocycles. The minimum atomic E-state index is -0.0558. The second-order valence-electron chi connectivity index (χ2n) is 4.20. The molecule has 3 aromatic heterocycles. The lowest BCUT2D eigenvalue weighted by atomic mass is 10.3. The number of thiazole rings is 1. The van der Waals surface area contributed by atoms with Gasteiger partial charge in [-0.3, -0.25) is 8.97 Å². The van der Waals surface area contributed by atoms with Crippen molar-refractivity contribution in [3.63, 3.8) is 0 Å². The van der Waals surface area contributed by atoms with Crippen molar-refractivity contribution < 1.29 is 5.11 Å². The van der Waals surface area contributed by atoms with Gasteiger partial charge in [0, 0.05) is 11.6 Å². The van der Waals surface area contributed by atoms with Crippen LogP contribution in [0.1, 0.15) is 5.69 Å². The highest BCUT2D eigenvalue weighted by atomic mass is 32.1. The van der Waals surface area contributed by atoms with E-state index >= 15 is 0 Å². The number of benzene rings is 1. The van der Waals surface area contributed by atoms with Crippen molar-refractivity contribution in [3.05, 3.63) is 47.9 Å². The van der Waals surface area contributed by atoms with E-state index in [1.165, 1.54) is 0 Å². The number of aliphatic hydroxyl groups is 1. The molecule has 0 aliphatic rings. The Balaban J connectivity index is 2.06. The summed E-state index contributed by atoms with van der Waals surface area (Å²) in [5.74, 6) is 0.739. The molecule has 0 bridgehead atoms. The summed E-state index contributed by atoms with van der Waals surface area (Å²) in [6, 6.07) is 7.88. The Bertz CT molecular complexity index is 873. The first-order valence-electron chi connectivity index (χ1n) is 5.86. The Kier molecular flexibility index (Phi) is 2.20. The van der Waals surface area contributed by atoms with Crippen LogP contribution in [0.15, 0.2) is 42.2 Å². The van der Waals surface area contributed by atoms with E-state index < -0.39 is 0 Å². The molecule has 0 amide bonds. The van der Waals surface area contributed by atoms with Crippen molar-refractivity contribution in [2.75, 3.05) is 0 Å². The molecule has 6 heteroatoms. The molecule has 0 fully saturated rings. The molecule has 0 radical (unpaired) electrons. The number of rotatable bonds is 2. The van der Waals surface area contributed by atoms with Gasteiger partial charge < -0.3 is 5.11 Å². The Morgan fingerprint density at radius 1 is 1.26 bits per heavy atom. The molecule has 0 unspecified atom stereocenters. The minimum absolute atomic E-state index is 0.0558. The monoisotopic (exact) mass is 270 g/mol. The quantitative estimate of drug-likeness (QED) is 0.607. The fourth-order valence-electron chi connectivity index (χ4n) is 2.29. The minimum Gasteiger partial charge on any atom is -0.390 e. The second kappa shape index (κ2) is 3.91. The van der Waals surface area contributed by atoms with Crippen LogP contribution in [-0.2, 0) is 6.61 Å². The fraction of sp³-hybridized carbons (Fsp3) is 0.0769. The van der Waals surface area contributed by atoms with Gasteiger partial charge >= 0.3 is 0 Å². The molecule has 94 valence electrons. The normalized spacial score (nSPS) is 11.6. The number of hydrogen-bond donors (Lipinski definition) is 1. The SMILES string of the molecule is OCc1c(-n2cnc3ccccc32)nc2sccn12. The molecule has 1 aromatic carbocycles. The molecule has 0 atom stereocenters. The molecular formula is C13H10N4OS. The molecule has 0 aliphatic carbocycles. The van der Waals surface area contributed by atoms with Crippen LogP contribution in [0.2, 0.25) is 0 Å². The van der Waals surface area contributed by atoms with Crippen LogP contribution in [0, 0.1) is 0 Å². The fourth-order valence-corrected chi connectivity index (χ4v) is 3.02. The maximum Gasteiger partial charge on any atom is 0.195 e. The van der Waals surface area contributed by atoms with Gasteiger partial charge in [0.15, 0.2) is 10.8 Å². The van der Waals surface area contributed by atoms with Gasteiger partial charge in [-0.25, -0.2) is 9.97 Å². The van der Waals surface area contributed by atoms with Crippen molar-refractivity contribution in [1.29, 1.82) is 0 Å². The average molecular weight is 270 g/mol. The van der Waals surface area contributed by atoms with Crippen LogP contribution in [-0.4, -0.2) is 24.0 Å². The summed E-state index contributed by atoms with van der Waals surface area (Å²) in [5.41, 5.74) is 2.69. The van der Waals surface area contributed by atoms with Crippen LogP contribution in [0.3, 0.4) is 0 Å². The van der Waals surface area contributed by atoms with Crippen molar-refractivity contribution in [2.24, 2.45) is 0 Å².